The molecule has 0 unspecified atom stereocenters. The smallest absolute Gasteiger partial charge is 0.263 e. The van der Waals surface area contributed by atoms with Gasteiger partial charge in [0.25, 0.3) is 10.0 Å². The summed E-state index contributed by atoms with van der Waals surface area (Å²) < 4.78 is 28.2. The Balaban J connectivity index is 2.36. The highest BCUT2D eigenvalue weighted by molar-refractivity contribution is 7.92. The molecule has 1 aromatic heterocycles. The third kappa shape index (κ3) is 2.45. The maximum absolute atomic E-state index is 12.1. The predicted octanol–water partition coefficient (Wildman–Crippen LogP) is 1.11. The third-order valence-electron chi connectivity index (χ3n) is 2.41. The second-order valence-electron chi connectivity index (χ2n) is 3.97. The second kappa shape index (κ2) is 4.34. The van der Waals surface area contributed by atoms with Crippen LogP contribution in [0.25, 0.3) is 0 Å². The van der Waals surface area contributed by atoms with Crippen molar-refractivity contribution in [2.24, 2.45) is 7.05 Å². The number of benzene rings is 1. The van der Waals surface area contributed by atoms with E-state index in [1.807, 2.05) is 0 Å². The van der Waals surface area contributed by atoms with Crippen molar-refractivity contribution in [1.29, 1.82) is 0 Å². The average molecular weight is 266 g/mol. The molecule has 0 saturated heterocycles. The van der Waals surface area contributed by atoms with Gasteiger partial charge in [-0.15, -0.1) is 0 Å². The molecule has 2 rings (SSSR count). The van der Waals surface area contributed by atoms with Crippen LogP contribution in [0.5, 0.6) is 0 Å². The van der Waals surface area contributed by atoms with E-state index in [1.165, 1.54) is 16.8 Å². The lowest BCUT2D eigenvalue weighted by Gasteiger charge is -2.08. The molecule has 0 aliphatic carbocycles. The highest BCUT2D eigenvalue weighted by Crippen LogP contribution is 2.18. The largest absolute Gasteiger partial charge is 0.399 e. The number of hydrogen-bond donors (Lipinski definition) is 2. The Kier molecular flexibility index (Phi) is 3.00. The van der Waals surface area contributed by atoms with E-state index >= 15 is 0 Å². The van der Waals surface area contributed by atoms with Gasteiger partial charge in [0.1, 0.15) is 5.82 Å². The lowest BCUT2D eigenvalue weighted by atomic mass is 10.3. The van der Waals surface area contributed by atoms with Gasteiger partial charge < -0.3 is 5.73 Å². The quantitative estimate of drug-likeness (QED) is 0.814. The van der Waals surface area contributed by atoms with Crippen LogP contribution >= 0.6 is 0 Å². The summed E-state index contributed by atoms with van der Waals surface area (Å²) >= 11 is 0. The zero-order valence-corrected chi connectivity index (χ0v) is 10.9. The summed E-state index contributed by atoms with van der Waals surface area (Å²) in [6.07, 6.45) is 0. The SMILES string of the molecule is Cc1cc(NS(=O)(=O)c2cccc(N)c2)n(C)n1. The van der Waals surface area contributed by atoms with Gasteiger partial charge in [-0.1, -0.05) is 6.07 Å². The van der Waals surface area contributed by atoms with E-state index in [4.69, 9.17) is 5.73 Å². The Morgan fingerprint density at radius 2 is 2.06 bits per heavy atom. The normalized spacial score (nSPS) is 11.4. The van der Waals surface area contributed by atoms with Gasteiger partial charge in [0.15, 0.2) is 0 Å². The molecule has 0 bridgehead atoms. The maximum atomic E-state index is 12.1. The van der Waals surface area contributed by atoms with Crippen LogP contribution in [0.15, 0.2) is 35.2 Å². The maximum Gasteiger partial charge on any atom is 0.263 e. The molecule has 2 aromatic rings. The number of anilines is 2. The van der Waals surface area contributed by atoms with Crippen molar-refractivity contribution in [2.45, 2.75) is 11.8 Å². The molecular formula is C11H14N4O2S. The second-order valence-corrected chi connectivity index (χ2v) is 5.65. The van der Waals surface area contributed by atoms with Crippen LogP contribution in [0.3, 0.4) is 0 Å². The first-order valence-corrected chi connectivity index (χ1v) is 6.76. The van der Waals surface area contributed by atoms with Crippen LogP contribution in [0.1, 0.15) is 5.69 Å². The van der Waals surface area contributed by atoms with E-state index in [0.29, 0.717) is 11.5 Å². The fourth-order valence-corrected chi connectivity index (χ4v) is 2.72. The number of hydrogen-bond acceptors (Lipinski definition) is 4. The topological polar surface area (TPSA) is 90.0 Å². The van der Waals surface area contributed by atoms with Gasteiger partial charge >= 0.3 is 0 Å². The average Bonchev–Trinajstić information content (AvgIpc) is 2.56. The van der Waals surface area contributed by atoms with Crippen molar-refractivity contribution in [3.05, 3.63) is 36.0 Å². The highest BCUT2D eigenvalue weighted by atomic mass is 32.2. The van der Waals surface area contributed by atoms with E-state index in [9.17, 15) is 8.42 Å². The van der Waals surface area contributed by atoms with E-state index in [2.05, 4.69) is 9.82 Å². The standard InChI is InChI=1S/C11H14N4O2S/c1-8-6-11(15(2)13-8)14-18(16,17)10-5-3-4-9(12)7-10/h3-7,14H,12H2,1-2H3. The molecule has 1 heterocycles. The first-order chi connectivity index (χ1) is 8.38. The number of nitrogens with zero attached hydrogens (tertiary/aromatic N) is 2. The van der Waals surface area contributed by atoms with Gasteiger partial charge in [-0.3, -0.25) is 9.40 Å². The molecule has 18 heavy (non-hydrogen) atoms. The van der Waals surface area contributed by atoms with Crippen molar-refractivity contribution in [3.63, 3.8) is 0 Å². The van der Waals surface area contributed by atoms with Crippen molar-refractivity contribution < 1.29 is 8.42 Å². The molecule has 96 valence electrons. The summed E-state index contributed by atoms with van der Waals surface area (Å²) in [5.41, 5.74) is 6.71. The summed E-state index contributed by atoms with van der Waals surface area (Å²) in [6.45, 7) is 1.79. The lowest BCUT2D eigenvalue weighted by molar-refractivity contribution is 0.600. The molecule has 0 saturated carbocycles. The van der Waals surface area contributed by atoms with Crippen LogP contribution in [0.2, 0.25) is 0 Å². The first kappa shape index (κ1) is 12.4. The van der Waals surface area contributed by atoms with Gasteiger partial charge in [0.05, 0.1) is 10.6 Å². The van der Waals surface area contributed by atoms with E-state index < -0.39 is 10.0 Å². The number of aromatic nitrogens is 2. The molecule has 3 N–H and O–H groups in total. The zero-order chi connectivity index (χ0) is 13.3. The monoisotopic (exact) mass is 266 g/mol. The van der Waals surface area contributed by atoms with Crippen molar-refractivity contribution >= 4 is 21.5 Å². The van der Waals surface area contributed by atoms with Crippen LogP contribution in [0, 0.1) is 6.92 Å². The fraction of sp³-hybridized carbons (Fsp3) is 0.182. The summed E-state index contributed by atoms with van der Waals surface area (Å²) in [4.78, 5) is 0.126. The molecule has 6 nitrogen and oxygen atoms in total. The Hall–Kier alpha value is -2.02. The Labute approximate surface area is 105 Å². The van der Waals surface area contributed by atoms with Crippen LogP contribution in [-0.2, 0) is 17.1 Å². The molecule has 0 spiro atoms. The summed E-state index contributed by atoms with van der Waals surface area (Å²) in [6, 6.07) is 7.78. The lowest BCUT2D eigenvalue weighted by Crippen LogP contribution is -2.15. The molecular weight excluding hydrogens is 252 g/mol. The van der Waals surface area contributed by atoms with Crippen LogP contribution < -0.4 is 10.5 Å². The number of nitrogen functional groups attached to an aromatic ring is 1. The zero-order valence-electron chi connectivity index (χ0n) is 10.1. The van der Waals surface area contributed by atoms with Crippen LogP contribution in [-0.4, -0.2) is 18.2 Å². The number of nitrogens with two attached hydrogens (primary N) is 1. The van der Waals surface area contributed by atoms with Crippen molar-refractivity contribution in [2.75, 3.05) is 10.5 Å². The van der Waals surface area contributed by atoms with Gasteiger partial charge in [0.2, 0.25) is 0 Å². The minimum absolute atomic E-state index is 0.126. The van der Waals surface area contributed by atoms with E-state index in [-0.39, 0.29) is 4.90 Å². The highest BCUT2D eigenvalue weighted by Gasteiger charge is 2.16. The molecule has 1 aromatic carbocycles. The van der Waals surface area contributed by atoms with Gasteiger partial charge in [-0.25, -0.2) is 8.42 Å². The van der Waals surface area contributed by atoms with Gasteiger partial charge in [0, 0.05) is 18.8 Å². The minimum atomic E-state index is -3.64. The van der Waals surface area contributed by atoms with Crippen molar-refractivity contribution in [3.8, 4) is 0 Å². The van der Waals surface area contributed by atoms with Gasteiger partial charge in [-0.2, -0.15) is 5.10 Å². The fourth-order valence-electron chi connectivity index (χ4n) is 1.58. The van der Waals surface area contributed by atoms with Crippen LogP contribution in [0.4, 0.5) is 11.5 Å². The summed E-state index contributed by atoms with van der Waals surface area (Å²) in [7, 11) is -1.96. The molecule has 0 aliphatic heterocycles. The minimum Gasteiger partial charge on any atom is -0.399 e. The third-order valence-corrected chi connectivity index (χ3v) is 3.76. The molecule has 7 heteroatoms. The Morgan fingerprint density at radius 1 is 1.33 bits per heavy atom. The number of nitrogens with one attached hydrogen (secondary N) is 1. The van der Waals surface area contributed by atoms with Gasteiger partial charge in [-0.05, 0) is 25.1 Å². The van der Waals surface area contributed by atoms with Crippen molar-refractivity contribution in [1.82, 2.24) is 9.78 Å². The molecule has 0 aliphatic rings. The van der Waals surface area contributed by atoms with E-state index in [1.54, 1.807) is 32.2 Å². The number of sulfonamides is 1. The first-order valence-electron chi connectivity index (χ1n) is 5.27. The molecule has 0 atom stereocenters. The number of aryl methyl sites for hydroxylation is 2. The van der Waals surface area contributed by atoms with E-state index in [0.717, 1.165) is 5.69 Å². The Bertz CT molecular complexity index is 676. The summed E-state index contributed by atoms with van der Waals surface area (Å²) in [5, 5.41) is 4.07. The molecule has 0 fully saturated rings. The summed E-state index contributed by atoms with van der Waals surface area (Å²) in [5.74, 6) is 0.412. The Morgan fingerprint density at radius 3 is 2.61 bits per heavy atom. The molecule has 0 radical (unpaired) electrons. The number of rotatable bonds is 3. The molecule has 0 amide bonds. The predicted molar refractivity (Wildman–Crippen MR) is 69.6 cm³/mol.